The zero-order valence-electron chi connectivity index (χ0n) is 18.3. The Hall–Kier alpha value is -2.29. The van der Waals surface area contributed by atoms with E-state index in [1.54, 1.807) is 7.11 Å². The fourth-order valence-corrected chi connectivity index (χ4v) is 3.32. The molecule has 1 amide bonds. The first-order chi connectivity index (χ1) is 14.2. The van der Waals surface area contributed by atoms with Crippen LogP contribution in [0.3, 0.4) is 0 Å². The summed E-state index contributed by atoms with van der Waals surface area (Å²) < 4.78 is 5.39. The van der Waals surface area contributed by atoms with E-state index < -0.39 is 0 Å². The van der Waals surface area contributed by atoms with Gasteiger partial charge in [0.1, 0.15) is 5.75 Å². The van der Waals surface area contributed by atoms with Gasteiger partial charge in [0.15, 0.2) is 0 Å². The number of unbranched alkanes of at least 4 members (excludes halogenated alkanes) is 4. The second kappa shape index (κ2) is 16.6. The van der Waals surface area contributed by atoms with E-state index in [4.69, 9.17) is 10.5 Å². The van der Waals surface area contributed by atoms with Crippen LogP contribution in [0, 0.1) is 5.92 Å². The average Bonchev–Trinajstić information content (AvgIpc) is 2.73. The molecule has 0 aliphatic heterocycles. The number of methoxy groups -OCH3 is 1. The quantitative estimate of drug-likeness (QED) is 0.254. The highest BCUT2D eigenvalue weighted by Crippen LogP contribution is 2.23. The van der Waals surface area contributed by atoms with E-state index in [1.807, 2.05) is 24.3 Å². The van der Waals surface area contributed by atoms with Crippen LogP contribution in [0.25, 0.3) is 0 Å². The third kappa shape index (κ3) is 12.0. The molecule has 1 aromatic carbocycles. The first-order valence-corrected chi connectivity index (χ1v) is 11.0. The van der Waals surface area contributed by atoms with E-state index in [0.29, 0.717) is 6.42 Å². The van der Waals surface area contributed by atoms with Gasteiger partial charge in [-0.1, -0.05) is 80.8 Å². The molecule has 2 N–H and O–H groups in total. The Morgan fingerprint density at radius 3 is 2.31 bits per heavy atom. The van der Waals surface area contributed by atoms with Gasteiger partial charge in [-0.25, -0.2) is 0 Å². The van der Waals surface area contributed by atoms with Crippen molar-refractivity contribution in [3.63, 3.8) is 0 Å². The molecule has 0 heterocycles. The van der Waals surface area contributed by atoms with Crippen LogP contribution < -0.4 is 10.5 Å². The van der Waals surface area contributed by atoms with Crippen LogP contribution in [0.15, 0.2) is 60.7 Å². The van der Waals surface area contributed by atoms with Crippen molar-refractivity contribution in [2.45, 2.75) is 71.1 Å². The summed E-state index contributed by atoms with van der Waals surface area (Å²) in [7, 11) is 1.66. The summed E-state index contributed by atoms with van der Waals surface area (Å²) in [6.45, 7) is 2.15. The summed E-state index contributed by atoms with van der Waals surface area (Å²) >= 11 is 0. The van der Waals surface area contributed by atoms with Crippen molar-refractivity contribution in [1.82, 2.24) is 0 Å². The molecule has 0 saturated carbocycles. The molecule has 0 aliphatic rings. The third-order valence-corrected chi connectivity index (χ3v) is 5.01. The Bertz CT molecular complexity index is 646. The molecule has 29 heavy (non-hydrogen) atoms. The van der Waals surface area contributed by atoms with Gasteiger partial charge < -0.3 is 10.5 Å². The molecule has 0 saturated heterocycles. The summed E-state index contributed by atoms with van der Waals surface area (Å²) in [5, 5.41) is 0. The Morgan fingerprint density at radius 2 is 1.62 bits per heavy atom. The maximum Gasteiger partial charge on any atom is 0.220 e. The molecule has 160 valence electrons. The molecule has 0 fully saturated rings. The number of ether oxygens (including phenoxy) is 1. The number of benzene rings is 1. The van der Waals surface area contributed by atoms with Gasteiger partial charge in [-0.05, 0) is 56.6 Å². The lowest BCUT2D eigenvalue weighted by atomic mass is 9.92. The first kappa shape index (κ1) is 24.7. The largest absolute Gasteiger partial charge is 0.496 e. The monoisotopic (exact) mass is 397 g/mol. The second-order valence-electron chi connectivity index (χ2n) is 7.40. The smallest absolute Gasteiger partial charge is 0.220 e. The molecule has 3 nitrogen and oxygen atoms in total. The SMILES string of the molecule is CC/C=C\C/C=C\C/C=C\CCCCCCC(Cc1ccccc1OC)C(N)=O. The minimum atomic E-state index is -0.211. The van der Waals surface area contributed by atoms with Crippen LogP contribution in [0.4, 0.5) is 0 Å². The summed E-state index contributed by atoms with van der Waals surface area (Å²) in [6.07, 6.45) is 23.8. The predicted molar refractivity (Wildman–Crippen MR) is 124 cm³/mol. The Kier molecular flexibility index (Phi) is 14.2. The number of rotatable bonds is 16. The predicted octanol–water partition coefficient (Wildman–Crippen LogP) is 6.54. The number of amides is 1. The van der Waals surface area contributed by atoms with E-state index >= 15 is 0 Å². The maximum absolute atomic E-state index is 11.8. The molecule has 0 aromatic heterocycles. The van der Waals surface area contributed by atoms with Crippen molar-refractivity contribution >= 4 is 5.91 Å². The minimum absolute atomic E-state index is 0.120. The number of primary amides is 1. The molecule has 0 aliphatic carbocycles. The summed E-state index contributed by atoms with van der Waals surface area (Å²) in [5.74, 6) is 0.500. The molecule has 1 unspecified atom stereocenters. The number of hydrogen-bond donors (Lipinski definition) is 1. The molecular formula is C26H39NO2. The van der Waals surface area contributed by atoms with Crippen LogP contribution >= 0.6 is 0 Å². The average molecular weight is 398 g/mol. The van der Waals surface area contributed by atoms with Crippen molar-refractivity contribution < 1.29 is 9.53 Å². The number of hydrogen-bond acceptors (Lipinski definition) is 2. The van der Waals surface area contributed by atoms with Crippen LogP contribution in [0.1, 0.15) is 70.3 Å². The Balaban J connectivity index is 2.16. The molecule has 0 bridgehead atoms. The number of carbonyl (C=O) groups is 1. The third-order valence-electron chi connectivity index (χ3n) is 5.01. The van der Waals surface area contributed by atoms with Gasteiger partial charge in [-0.15, -0.1) is 0 Å². The number of para-hydroxylation sites is 1. The van der Waals surface area contributed by atoms with Crippen molar-refractivity contribution in [3.8, 4) is 5.75 Å². The highest BCUT2D eigenvalue weighted by Gasteiger charge is 2.17. The van der Waals surface area contributed by atoms with E-state index in [1.165, 1.54) is 12.8 Å². The molecule has 0 radical (unpaired) electrons. The number of allylic oxidation sites excluding steroid dienone is 6. The topological polar surface area (TPSA) is 52.3 Å². The van der Waals surface area contributed by atoms with Gasteiger partial charge in [0.05, 0.1) is 7.11 Å². The van der Waals surface area contributed by atoms with E-state index in [0.717, 1.165) is 56.3 Å². The number of nitrogens with two attached hydrogens (primary N) is 1. The molecule has 1 aromatic rings. The Morgan fingerprint density at radius 1 is 0.966 bits per heavy atom. The zero-order valence-corrected chi connectivity index (χ0v) is 18.3. The van der Waals surface area contributed by atoms with Gasteiger partial charge in [0, 0.05) is 5.92 Å². The van der Waals surface area contributed by atoms with E-state index in [2.05, 4.69) is 43.4 Å². The molecule has 1 atom stereocenters. The highest BCUT2D eigenvalue weighted by molar-refractivity contribution is 5.77. The molecule has 0 spiro atoms. The molecule has 3 heteroatoms. The minimum Gasteiger partial charge on any atom is -0.496 e. The lowest BCUT2D eigenvalue weighted by Crippen LogP contribution is -2.25. The number of carbonyl (C=O) groups excluding carboxylic acids is 1. The summed E-state index contributed by atoms with van der Waals surface area (Å²) in [6, 6.07) is 7.86. The lowest BCUT2D eigenvalue weighted by molar-refractivity contribution is -0.122. The van der Waals surface area contributed by atoms with Crippen LogP contribution in [-0.2, 0) is 11.2 Å². The lowest BCUT2D eigenvalue weighted by Gasteiger charge is -2.15. The Labute approximate surface area is 177 Å². The van der Waals surface area contributed by atoms with E-state index in [-0.39, 0.29) is 11.8 Å². The second-order valence-corrected chi connectivity index (χ2v) is 7.40. The van der Waals surface area contributed by atoms with Crippen LogP contribution in [-0.4, -0.2) is 13.0 Å². The van der Waals surface area contributed by atoms with Gasteiger partial charge in [-0.3, -0.25) is 4.79 Å². The van der Waals surface area contributed by atoms with Gasteiger partial charge in [0.2, 0.25) is 5.91 Å². The standard InChI is InChI=1S/C26H39NO2/c1-3-4-5-6-7-8-9-10-11-12-13-14-15-16-20-24(26(27)28)22-23-19-17-18-21-25(23)29-2/h4-5,7-8,10-11,17-19,21,24H,3,6,9,12-16,20,22H2,1-2H3,(H2,27,28)/b5-4-,8-7-,11-10-. The molecule has 1 rings (SSSR count). The van der Waals surface area contributed by atoms with Crippen LogP contribution in [0.2, 0.25) is 0 Å². The van der Waals surface area contributed by atoms with Crippen molar-refractivity contribution in [2.75, 3.05) is 7.11 Å². The maximum atomic E-state index is 11.8. The molecular weight excluding hydrogens is 358 g/mol. The van der Waals surface area contributed by atoms with Crippen molar-refractivity contribution in [1.29, 1.82) is 0 Å². The van der Waals surface area contributed by atoms with Crippen molar-refractivity contribution in [3.05, 3.63) is 66.3 Å². The first-order valence-electron chi connectivity index (χ1n) is 11.0. The highest BCUT2D eigenvalue weighted by atomic mass is 16.5. The zero-order chi connectivity index (χ0) is 21.2. The van der Waals surface area contributed by atoms with Crippen LogP contribution in [0.5, 0.6) is 5.75 Å². The van der Waals surface area contributed by atoms with Gasteiger partial charge in [0.25, 0.3) is 0 Å². The van der Waals surface area contributed by atoms with E-state index in [9.17, 15) is 4.79 Å². The van der Waals surface area contributed by atoms with Gasteiger partial charge in [-0.2, -0.15) is 0 Å². The summed E-state index contributed by atoms with van der Waals surface area (Å²) in [5.41, 5.74) is 6.69. The summed E-state index contributed by atoms with van der Waals surface area (Å²) in [4.78, 5) is 11.8. The fraction of sp³-hybridized carbons (Fsp3) is 0.500. The van der Waals surface area contributed by atoms with Gasteiger partial charge >= 0.3 is 0 Å². The fourth-order valence-electron chi connectivity index (χ4n) is 3.32. The van der Waals surface area contributed by atoms with Crippen molar-refractivity contribution in [2.24, 2.45) is 11.7 Å². The normalized spacial score (nSPS) is 12.9.